The Morgan fingerprint density at radius 2 is 2.16 bits per heavy atom. The molecule has 0 saturated heterocycles. The average Bonchev–Trinajstić information content (AvgIpc) is 2.48. The lowest BCUT2D eigenvalue weighted by Crippen LogP contribution is -2.04. The second-order valence-electron chi connectivity index (χ2n) is 4.09. The second kappa shape index (κ2) is 6.75. The number of benzene rings is 1. The molecule has 0 spiro atoms. The van der Waals surface area contributed by atoms with Crippen LogP contribution >= 0.6 is 0 Å². The van der Waals surface area contributed by atoms with Gasteiger partial charge in [-0.25, -0.2) is 0 Å². The smallest absolute Gasteiger partial charge is 0.125 e. The number of aliphatic hydroxyl groups is 1. The summed E-state index contributed by atoms with van der Waals surface area (Å²) in [5.74, 6) is 1.40. The van der Waals surface area contributed by atoms with Gasteiger partial charge in [0.2, 0.25) is 0 Å². The molecule has 1 aromatic heterocycles. The normalized spacial score (nSPS) is 10.2. The SMILES string of the molecule is COc1ccc(OCCc2cccnc2)c(CO)c1. The Labute approximate surface area is 112 Å². The first-order valence-corrected chi connectivity index (χ1v) is 6.13. The molecule has 0 fully saturated rings. The summed E-state index contributed by atoms with van der Waals surface area (Å²) in [4.78, 5) is 4.05. The van der Waals surface area contributed by atoms with Crippen molar-refractivity contribution in [2.45, 2.75) is 13.0 Å². The molecule has 4 nitrogen and oxygen atoms in total. The second-order valence-corrected chi connectivity index (χ2v) is 4.09. The van der Waals surface area contributed by atoms with Gasteiger partial charge in [-0.05, 0) is 29.8 Å². The number of aromatic nitrogens is 1. The van der Waals surface area contributed by atoms with E-state index in [1.165, 1.54) is 0 Å². The summed E-state index contributed by atoms with van der Waals surface area (Å²) in [7, 11) is 1.60. The Bertz CT molecular complexity index is 514. The van der Waals surface area contributed by atoms with Gasteiger partial charge in [0.1, 0.15) is 11.5 Å². The van der Waals surface area contributed by atoms with Crippen LogP contribution in [0.5, 0.6) is 11.5 Å². The maximum Gasteiger partial charge on any atom is 0.125 e. The Kier molecular flexibility index (Phi) is 4.75. The predicted octanol–water partition coefficient (Wildman–Crippen LogP) is 2.20. The van der Waals surface area contributed by atoms with Gasteiger partial charge >= 0.3 is 0 Å². The molecule has 1 heterocycles. The van der Waals surface area contributed by atoms with Crippen molar-refractivity contribution in [3.63, 3.8) is 0 Å². The molecule has 0 aliphatic rings. The maximum absolute atomic E-state index is 9.31. The zero-order valence-electron chi connectivity index (χ0n) is 10.9. The molecule has 0 aliphatic carbocycles. The van der Waals surface area contributed by atoms with E-state index in [1.807, 2.05) is 30.5 Å². The largest absolute Gasteiger partial charge is 0.497 e. The minimum atomic E-state index is -0.0700. The highest BCUT2D eigenvalue weighted by Crippen LogP contribution is 2.24. The predicted molar refractivity (Wildman–Crippen MR) is 72.4 cm³/mol. The number of aliphatic hydroxyl groups excluding tert-OH is 1. The van der Waals surface area contributed by atoms with Crippen LogP contribution in [-0.2, 0) is 13.0 Å². The lowest BCUT2D eigenvalue weighted by molar-refractivity contribution is 0.262. The molecule has 2 rings (SSSR count). The molecule has 1 N–H and O–H groups in total. The number of pyridine rings is 1. The van der Waals surface area contributed by atoms with Crippen LogP contribution in [0.15, 0.2) is 42.7 Å². The molecule has 0 saturated carbocycles. The van der Waals surface area contributed by atoms with Crippen LogP contribution in [0.1, 0.15) is 11.1 Å². The summed E-state index contributed by atoms with van der Waals surface area (Å²) >= 11 is 0. The molecule has 2 aromatic rings. The summed E-state index contributed by atoms with van der Waals surface area (Å²) in [6.07, 6.45) is 4.35. The number of nitrogens with zero attached hydrogens (tertiary/aromatic N) is 1. The van der Waals surface area contributed by atoms with Gasteiger partial charge in [0, 0.05) is 24.4 Å². The van der Waals surface area contributed by atoms with Crippen molar-refractivity contribution in [1.29, 1.82) is 0 Å². The van der Waals surface area contributed by atoms with Gasteiger partial charge in [-0.2, -0.15) is 0 Å². The molecule has 0 atom stereocenters. The minimum absolute atomic E-state index is 0.0700. The third-order valence-corrected chi connectivity index (χ3v) is 2.81. The van der Waals surface area contributed by atoms with Gasteiger partial charge in [-0.15, -0.1) is 0 Å². The summed E-state index contributed by atoms with van der Waals surface area (Å²) in [5.41, 5.74) is 1.85. The van der Waals surface area contributed by atoms with E-state index in [0.29, 0.717) is 18.1 Å². The van der Waals surface area contributed by atoms with Crippen LogP contribution in [0, 0.1) is 0 Å². The minimum Gasteiger partial charge on any atom is -0.497 e. The van der Waals surface area contributed by atoms with Crippen molar-refractivity contribution < 1.29 is 14.6 Å². The van der Waals surface area contributed by atoms with Crippen molar-refractivity contribution in [1.82, 2.24) is 4.98 Å². The lowest BCUT2D eigenvalue weighted by Gasteiger charge is -2.11. The van der Waals surface area contributed by atoms with E-state index >= 15 is 0 Å². The first-order chi connectivity index (χ1) is 9.33. The first kappa shape index (κ1) is 13.4. The van der Waals surface area contributed by atoms with Crippen LogP contribution in [0.4, 0.5) is 0 Å². The Morgan fingerprint density at radius 3 is 2.84 bits per heavy atom. The summed E-state index contributed by atoms with van der Waals surface area (Å²) < 4.78 is 10.8. The molecule has 0 bridgehead atoms. The molecule has 0 amide bonds. The number of ether oxygens (including phenoxy) is 2. The molecule has 19 heavy (non-hydrogen) atoms. The van der Waals surface area contributed by atoms with Gasteiger partial charge in [-0.3, -0.25) is 4.98 Å². The highest BCUT2D eigenvalue weighted by Gasteiger charge is 2.05. The van der Waals surface area contributed by atoms with Crippen molar-refractivity contribution >= 4 is 0 Å². The molecular weight excluding hydrogens is 242 g/mol. The van der Waals surface area contributed by atoms with Crippen LogP contribution in [0.2, 0.25) is 0 Å². The lowest BCUT2D eigenvalue weighted by atomic mass is 10.2. The highest BCUT2D eigenvalue weighted by atomic mass is 16.5. The number of hydrogen-bond acceptors (Lipinski definition) is 4. The monoisotopic (exact) mass is 259 g/mol. The van der Waals surface area contributed by atoms with E-state index < -0.39 is 0 Å². The van der Waals surface area contributed by atoms with E-state index in [1.54, 1.807) is 19.4 Å². The van der Waals surface area contributed by atoms with Crippen LogP contribution in [0.3, 0.4) is 0 Å². The van der Waals surface area contributed by atoms with Gasteiger partial charge in [0.25, 0.3) is 0 Å². The standard InChI is InChI=1S/C15H17NO3/c1-18-14-4-5-15(13(9-14)11-17)19-8-6-12-3-2-7-16-10-12/h2-5,7,9-10,17H,6,8,11H2,1H3. The maximum atomic E-state index is 9.31. The fraction of sp³-hybridized carbons (Fsp3) is 0.267. The Hall–Kier alpha value is -2.07. The summed E-state index contributed by atoms with van der Waals surface area (Å²) in [5, 5.41) is 9.31. The van der Waals surface area contributed by atoms with Gasteiger partial charge in [0.05, 0.1) is 20.3 Å². The summed E-state index contributed by atoms with van der Waals surface area (Å²) in [6.45, 7) is 0.477. The Balaban J connectivity index is 1.96. The number of rotatable bonds is 6. The van der Waals surface area contributed by atoms with E-state index in [0.717, 1.165) is 17.5 Å². The van der Waals surface area contributed by atoms with E-state index in [2.05, 4.69) is 4.98 Å². The number of hydrogen-bond donors (Lipinski definition) is 1. The van der Waals surface area contributed by atoms with Crippen LogP contribution < -0.4 is 9.47 Å². The molecular formula is C15H17NO3. The zero-order chi connectivity index (χ0) is 13.5. The van der Waals surface area contributed by atoms with E-state index in [4.69, 9.17) is 9.47 Å². The van der Waals surface area contributed by atoms with Crippen LogP contribution in [0.25, 0.3) is 0 Å². The molecule has 0 aliphatic heterocycles. The van der Waals surface area contributed by atoms with Crippen molar-refractivity contribution in [3.05, 3.63) is 53.9 Å². The van der Waals surface area contributed by atoms with E-state index in [9.17, 15) is 5.11 Å². The topological polar surface area (TPSA) is 51.6 Å². The van der Waals surface area contributed by atoms with E-state index in [-0.39, 0.29) is 6.61 Å². The third kappa shape index (κ3) is 3.69. The van der Waals surface area contributed by atoms with Gasteiger partial charge < -0.3 is 14.6 Å². The Morgan fingerprint density at radius 1 is 1.26 bits per heavy atom. The highest BCUT2D eigenvalue weighted by molar-refractivity contribution is 5.39. The van der Waals surface area contributed by atoms with Crippen molar-refractivity contribution in [2.24, 2.45) is 0 Å². The molecule has 0 unspecified atom stereocenters. The molecule has 0 radical (unpaired) electrons. The van der Waals surface area contributed by atoms with Gasteiger partial charge in [-0.1, -0.05) is 6.07 Å². The van der Waals surface area contributed by atoms with Crippen LogP contribution in [-0.4, -0.2) is 23.8 Å². The fourth-order valence-electron chi connectivity index (χ4n) is 1.77. The van der Waals surface area contributed by atoms with Crippen molar-refractivity contribution in [2.75, 3.05) is 13.7 Å². The average molecular weight is 259 g/mol. The van der Waals surface area contributed by atoms with Crippen molar-refractivity contribution in [3.8, 4) is 11.5 Å². The molecule has 4 heteroatoms. The fourth-order valence-corrected chi connectivity index (χ4v) is 1.77. The molecule has 1 aromatic carbocycles. The first-order valence-electron chi connectivity index (χ1n) is 6.13. The molecule has 100 valence electrons. The quantitative estimate of drug-likeness (QED) is 0.864. The van der Waals surface area contributed by atoms with Gasteiger partial charge in [0.15, 0.2) is 0 Å². The number of methoxy groups -OCH3 is 1. The summed E-state index contributed by atoms with van der Waals surface area (Å²) in [6, 6.07) is 9.32. The third-order valence-electron chi connectivity index (χ3n) is 2.81. The zero-order valence-corrected chi connectivity index (χ0v) is 10.9.